The topological polar surface area (TPSA) is 0 Å². The molecule has 0 aromatic carbocycles. The average Bonchev–Trinajstić information content (AvgIpc) is 3.07. The van der Waals surface area contributed by atoms with E-state index in [1.165, 1.54) is 64.2 Å². The minimum absolute atomic E-state index is 0.561. The van der Waals surface area contributed by atoms with Crippen LogP contribution in [-0.2, 0) is 0 Å². The van der Waals surface area contributed by atoms with E-state index in [-0.39, 0.29) is 0 Å². The van der Waals surface area contributed by atoms with Crippen LogP contribution in [0.2, 0.25) is 0 Å². The monoisotopic (exact) mass is 442 g/mol. The second-order valence-corrected chi connectivity index (χ2v) is 15.1. The van der Waals surface area contributed by atoms with Gasteiger partial charge >= 0.3 is 0 Å². The van der Waals surface area contributed by atoms with E-state index >= 15 is 0 Å². The summed E-state index contributed by atoms with van der Waals surface area (Å²) in [6.45, 7) is 25.4. The van der Waals surface area contributed by atoms with Crippen LogP contribution >= 0.6 is 0 Å². The minimum atomic E-state index is 0.561. The first-order valence-corrected chi connectivity index (χ1v) is 14.9. The second kappa shape index (κ2) is 8.01. The van der Waals surface area contributed by atoms with E-state index < -0.39 is 0 Å². The lowest BCUT2D eigenvalue weighted by molar-refractivity contribution is -0.236. The maximum Gasteiger partial charge on any atom is -0.0235 e. The van der Waals surface area contributed by atoms with Crippen molar-refractivity contribution in [3.8, 4) is 0 Å². The Hall–Kier alpha value is 0. The summed E-state index contributed by atoms with van der Waals surface area (Å²) in [6.07, 6.45) is 16.6. The van der Waals surface area contributed by atoms with Gasteiger partial charge in [0.2, 0.25) is 0 Å². The Morgan fingerprint density at radius 3 is 1.97 bits per heavy atom. The number of hydrogen-bond acceptors (Lipinski definition) is 0. The van der Waals surface area contributed by atoms with E-state index in [0.29, 0.717) is 27.1 Å². The van der Waals surface area contributed by atoms with Crippen LogP contribution in [0.1, 0.15) is 140 Å². The summed E-state index contributed by atoms with van der Waals surface area (Å²) in [4.78, 5) is 0. The highest BCUT2D eigenvalue weighted by atomic mass is 14.7. The molecule has 9 atom stereocenters. The standard InChI is InChI=1S/C30H52.C2H6/c1-20(2)21-12-16-27(5)18-19-29(7)22(25(21)27)10-11-24-28(6)15-9-14-26(3,4)23(28)13-17-30(24,29)8;1-2/h20-25H,9-19H2,1-8H3;1-2H3. The van der Waals surface area contributed by atoms with Gasteiger partial charge in [0.25, 0.3) is 0 Å². The van der Waals surface area contributed by atoms with Gasteiger partial charge in [-0.15, -0.1) is 0 Å². The Morgan fingerprint density at radius 1 is 0.625 bits per heavy atom. The molecule has 0 aromatic rings. The summed E-state index contributed by atoms with van der Waals surface area (Å²) in [6, 6.07) is 0. The molecule has 9 unspecified atom stereocenters. The highest BCUT2D eigenvalue weighted by Crippen LogP contribution is 2.77. The van der Waals surface area contributed by atoms with Gasteiger partial charge in [-0.3, -0.25) is 0 Å². The molecule has 5 rings (SSSR count). The zero-order valence-electron chi connectivity index (χ0n) is 23.7. The Kier molecular flexibility index (Phi) is 6.29. The van der Waals surface area contributed by atoms with Crippen molar-refractivity contribution in [3.05, 3.63) is 0 Å². The zero-order chi connectivity index (χ0) is 23.7. The first-order valence-electron chi connectivity index (χ1n) is 14.9. The second-order valence-electron chi connectivity index (χ2n) is 15.1. The molecule has 0 aliphatic heterocycles. The smallest absolute Gasteiger partial charge is 0.0235 e. The van der Waals surface area contributed by atoms with Crippen molar-refractivity contribution in [1.82, 2.24) is 0 Å². The van der Waals surface area contributed by atoms with Gasteiger partial charge in [-0.05, 0) is 127 Å². The van der Waals surface area contributed by atoms with Crippen molar-refractivity contribution in [2.75, 3.05) is 0 Å². The van der Waals surface area contributed by atoms with Crippen LogP contribution in [0.4, 0.5) is 0 Å². The van der Waals surface area contributed by atoms with Gasteiger partial charge in [0.15, 0.2) is 0 Å². The van der Waals surface area contributed by atoms with E-state index in [1.807, 2.05) is 13.8 Å². The third-order valence-corrected chi connectivity index (χ3v) is 13.5. The molecular formula is C32H58. The van der Waals surface area contributed by atoms with Gasteiger partial charge in [0.05, 0.1) is 0 Å². The lowest BCUT2D eigenvalue weighted by atomic mass is 9.32. The fourth-order valence-electron chi connectivity index (χ4n) is 11.8. The molecule has 0 N–H and O–H groups in total. The predicted molar refractivity (Wildman–Crippen MR) is 141 cm³/mol. The van der Waals surface area contributed by atoms with Crippen LogP contribution in [0.25, 0.3) is 0 Å². The van der Waals surface area contributed by atoms with Crippen LogP contribution < -0.4 is 0 Å². The first-order chi connectivity index (χ1) is 14.9. The minimum Gasteiger partial charge on any atom is -0.0683 e. The molecule has 5 fully saturated rings. The van der Waals surface area contributed by atoms with Crippen LogP contribution in [0.15, 0.2) is 0 Å². The molecule has 0 heterocycles. The molecule has 0 amide bonds. The molecule has 186 valence electrons. The summed E-state index contributed by atoms with van der Waals surface area (Å²) < 4.78 is 0. The van der Waals surface area contributed by atoms with Gasteiger partial charge in [0, 0.05) is 0 Å². The van der Waals surface area contributed by atoms with Gasteiger partial charge < -0.3 is 0 Å². The fourth-order valence-corrected chi connectivity index (χ4v) is 11.8. The molecule has 5 aliphatic carbocycles. The summed E-state index contributed by atoms with van der Waals surface area (Å²) in [5, 5.41) is 0. The normalized spacial score (nSPS) is 53.9. The van der Waals surface area contributed by atoms with Crippen molar-refractivity contribution in [2.45, 2.75) is 140 Å². The molecule has 0 saturated heterocycles. The molecule has 0 radical (unpaired) electrons. The maximum absolute atomic E-state index is 2.82. The molecular weight excluding hydrogens is 384 g/mol. The van der Waals surface area contributed by atoms with Crippen LogP contribution in [0.3, 0.4) is 0 Å². The lowest BCUT2D eigenvalue weighted by Gasteiger charge is -2.72. The van der Waals surface area contributed by atoms with Crippen LogP contribution in [0.5, 0.6) is 0 Å². The largest absolute Gasteiger partial charge is 0.0683 e. The van der Waals surface area contributed by atoms with Crippen LogP contribution in [-0.4, -0.2) is 0 Å². The first kappa shape index (κ1) is 25.1. The van der Waals surface area contributed by atoms with Crippen molar-refractivity contribution in [3.63, 3.8) is 0 Å². The summed E-state index contributed by atoms with van der Waals surface area (Å²) in [5.74, 6) is 5.78. The molecule has 32 heavy (non-hydrogen) atoms. The van der Waals surface area contributed by atoms with E-state index in [4.69, 9.17) is 0 Å². The fraction of sp³-hybridized carbons (Fsp3) is 1.00. The van der Waals surface area contributed by atoms with E-state index in [0.717, 1.165) is 35.5 Å². The van der Waals surface area contributed by atoms with E-state index in [2.05, 4.69) is 55.4 Å². The Labute approximate surface area is 202 Å². The number of hydrogen-bond donors (Lipinski definition) is 0. The highest BCUT2D eigenvalue weighted by Gasteiger charge is 2.69. The zero-order valence-corrected chi connectivity index (χ0v) is 23.7. The van der Waals surface area contributed by atoms with E-state index in [1.54, 1.807) is 6.42 Å². The quantitative estimate of drug-likeness (QED) is 0.379. The van der Waals surface area contributed by atoms with E-state index in [9.17, 15) is 0 Å². The molecule has 0 spiro atoms. The molecule has 5 saturated carbocycles. The van der Waals surface area contributed by atoms with Crippen molar-refractivity contribution in [1.29, 1.82) is 0 Å². The van der Waals surface area contributed by atoms with Crippen molar-refractivity contribution in [2.24, 2.45) is 62.6 Å². The third-order valence-electron chi connectivity index (χ3n) is 13.5. The molecule has 0 heteroatoms. The Morgan fingerprint density at radius 2 is 1.31 bits per heavy atom. The number of fused-ring (bicyclic) bond motifs is 7. The molecule has 0 nitrogen and oxygen atoms in total. The Balaban J connectivity index is 0.00000119. The van der Waals surface area contributed by atoms with Crippen molar-refractivity contribution >= 4 is 0 Å². The van der Waals surface area contributed by atoms with Gasteiger partial charge in [-0.1, -0.05) is 75.7 Å². The molecule has 5 aliphatic rings. The molecule has 0 aromatic heterocycles. The summed E-state index contributed by atoms with van der Waals surface area (Å²) in [7, 11) is 0. The van der Waals surface area contributed by atoms with Gasteiger partial charge in [-0.25, -0.2) is 0 Å². The maximum atomic E-state index is 2.82. The lowest BCUT2D eigenvalue weighted by Crippen LogP contribution is -2.65. The highest BCUT2D eigenvalue weighted by molar-refractivity contribution is 5.18. The summed E-state index contributed by atoms with van der Waals surface area (Å²) in [5.41, 5.74) is 2.95. The SMILES string of the molecule is CC.CC(C)C1CCC2(C)CCC3(C)C(CCC4C5(C)CCCC(C)(C)C5CCC43C)C12. The number of rotatable bonds is 1. The average molecular weight is 443 g/mol. The summed E-state index contributed by atoms with van der Waals surface area (Å²) >= 11 is 0. The van der Waals surface area contributed by atoms with Crippen molar-refractivity contribution < 1.29 is 0 Å². The predicted octanol–water partition coefficient (Wildman–Crippen LogP) is 10.2. The Bertz CT molecular complexity index is 688. The van der Waals surface area contributed by atoms with Gasteiger partial charge in [-0.2, -0.15) is 0 Å². The van der Waals surface area contributed by atoms with Crippen LogP contribution in [0, 0.1) is 62.6 Å². The van der Waals surface area contributed by atoms with Gasteiger partial charge in [0.1, 0.15) is 0 Å². The third kappa shape index (κ3) is 3.19. The molecule has 0 bridgehead atoms.